The van der Waals surface area contributed by atoms with Crippen LogP contribution in [0.25, 0.3) is 0 Å². The van der Waals surface area contributed by atoms with E-state index in [0.717, 1.165) is 6.07 Å². The van der Waals surface area contributed by atoms with Crippen molar-refractivity contribution in [2.45, 2.75) is 44.4 Å². The van der Waals surface area contributed by atoms with Crippen LogP contribution in [0.15, 0.2) is 12.1 Å². The fourth-order valence-corrected chi connectivity index (χ4v) is 3.16. The molecule has 1 rings (SSSR count). The van der Waals surface area contributed by atoms with Crippen LogP contribution in [0.2, 0.25) is 5.02 Å². The highest BCUT2D eigenvalue weighted by Crippen LogP contribution is 2.37. The Morgan fingerprint density at radius 1 is 1.43 bits per heavy atom. The number of carbonyl (C=O) groups is 1. The van der Waals surface area contributed by atoms with Crippen molar-refractivity contribution in [1.29, 1.82) is 0 Å². The number of nitrogen functional groups attached to an aromatic ring is 1. The molecule has 0 spiro atoms. The minimum atomic E-state index is -1.50. The average molecular weight is 365 g/mol. The molecule has 1 aromatic rings. The minimum Gasteiger partial charge on any atom is -0.598 e. The van der Waals surface area contributed by atoms with Crippen molar-refractivity contribution in [3.63, 3.8) is 0 Å². The molecule has 1 aromatic carbocycles. The number of rotatable bonds is 5. The highest BCUT2D eigenvalue weighted by atomic mass is 35.5. The van der Waals surface area contributed by atoms with Gasteiger partial charge in [0.1, 0.15) is 10.6 Å². The molecule has 2 atom stereocenters. The maximum Gasteiger partial charge on any atom is 0.307 e. The molecule has 3 N–H and O–H groups in total. The molecule has 23 heavy (non-hydrogen) atoms. The van der Waals surface area contributed by atoms with Gasteiger partial charge in [-0.15, -0.1) is 4.72 Å². The summed E-state index contributed by atoms with van der Waals surface area (Å²) in [5, 5.41) is -0.0187. The number of anilines is 1. The monoisotopic (exact) mass is 364 g/mol. The van der Waals surface area contributed by atoms with Crippen LogP contribution in [0.4, 0.5) is 10.1 Å². The highest BCUT2D eigenvalue weighted by molar-refractivity contribution is 7.90. The van der Waals surface area contributed by atoms with E-state index in [2.05, 4.69) is 4.72 Å². The molecule has 0 saturated carbocycles. The first-order valence-corrected chi connectivity index (χ1v) is 8.45. The third kappa shape index (κ3) is 4.73. The molecule has 8 heteroatoms. The summed E-state index contributed by atoms with van der Waals surface area (Å²) >= 11 is 4.65. The number of hydrogen-bond acceptors (Lipinski definition) is 5. The Hall–Kier alpha value is -1.02. The maximum atomic E-state index is 13.5. The van der Waals surface area contributed by atoms with Gasteiger partial charge < -0.3 is 15.0 Å². The Balaban J connectivity index is 3.35. The van der Waals surface area contributed by atoms with Gasteiger partial charge in [0, 0.05) is 11.4 Å². The molecule has 0 fully saturated rings. The smallest absolute Gasteiger partial charge is 0.307 e. The second kappa shape index (κ2) is 7.25. The van der Waals surface area contributed by atoms with E-state index in [-0.39, 0.29) is 17.1 Å². The van der Waals surface area contributed by atoms with E-state index < -0.39 is 33.4 Å². The summed E-state index contributed by atoms with van der Waals surface area (Å²) < 4.78 is 33.1. The maximum absolute atomic E-state index is 13.5. The molecule has 2 unspecified atom stereocenters. The summed E-state index contributed by atoms with van der Waals surface area (Å²) in [5.74, 6) is -1.18. The number of halogens is 2. The van der Waals surface area contributed by atoms with Crippen LogP contribution < -0.4 is 10.5 Å². The van der Waals surface area contributed by atoms with Gasteiger partial charge in [0.25, 0.3) is 0 Å². The molecular weight excluding hydrogens is 343 g/mol. The summed E-state index contributed by atoms with van der Waals surface area (Å²) in [6.07, 6.45) is -0.143. The minimum absolute atomic E-state index is 0.0187. The molecule has 0 radical (unpaired) electrons. The van der Waals surface area contributed by atoms with Gasteiger partial charge in [-0.05, 0) is 39.3 Å². The molecule has 0 aromatic heterocycles. The fourth-order valence-electron chi connectivity index (χ4n) is 1.90. The largest absolute Gasteiger partial charge is 0.598 e. The quantitative estimate of drug-likeness (QED) is 0.476. The lowest BCUT2D eigenvalue weighted by Gasteiger charge is -2.35. The van der Waals surface area contributed by atoms with Gasteiger partial charge >= 0.3 is 5.97 Å². The lowest BCUT2D eigenvalue weighted by atomic mass is 9.89. The summed E-state index contributed by atoms with van der Waals surface area (Å²) in [7, 11) is 1.25. The summed E-state index contributed by atoms with van der Waals surface area (Å²) in [4.78, 5) is 11.8. The molecule has 0 saturated heterocycles. The zero-order valence-electron chi connectivity index (χ0n) is 13.8. The topological polar surface area (TPSA) is 87.4 Å². The lowest BCUT2D eigenvalue weighted by Crippen LogP contribution is -2.51. The fraction of sp³-hybridized carbons (Fsp3) is 0.533. The third-order valence-electron chi connectivity index (χ3n) is 3.32. The Labute approximate surface area is 144 Å². The normalized spacial score (nSPS) is 15.8. The molecular formula is C15H22ClFN2O3S. The SMILES string of the molecule is COC(=O)CC(C)(N[S+]([O-])C(C)(C)C)c1ccc(F)c(N)c1Cl. The van der Waals surface area contributed by atoms with Crippen LogP contribution in [0.1, 0.15) is 39.7 Å². The summed E-state index contributed by atoms with van der Waals surface area (Å²) in [5.41, 5.74) is 4.65. The van der Waals surface area contributed by atoms with Gasteiger partial charge in [0.2, 0.25) is 0 Å². The molecule has 0 amide bonds. The Kier molecular flexibility index (Phi) is 6.32. The van der Waals surface area contributed by atoms with Crippen LogP contribution >= 0.6 is 11.6 Å². The van der Waals surface area contributed by atoms with E-state index in [1.165, 1.54) is 13.2 Å². The molecule has 0 bridgehead atoms. The molecule has 0 aliphatic heterocycles. The number of hydrogen-bond donors (Lipinski definition) is 2. The van der Waals surface area contributed by atoms with Gasteiger partial charge in [-0.1, -0.05) is 17.7 Å². The summed E-state index contributed by atoms with van der Waals surface area (Å²) in [6, 6.07) is 2.58. The van der Waals surface area contributed by atoms with Crippen LogP contribution in [-0.2, 0) is 26.4 Å². The van der Waals surface area contributed by atoms with Crippen molar-refractivity contribution < 1.29 is 18.5 Å². The predicted octanol–water partition coefficient (Wildman–Crippen LogP) is 2.89. The highest BCUT2D eigenvalue weighted by Gasteiger charge is 2.40. The average Bonchev–Trinajstić information content (AvgIpc) is 2.43. The molecule has 0 heterocycles. The summed E-state index contributed by atoms with van der Waals surface area (Å²) in [6.45, 7) is 7.01. The second-order valence-electron chi connectivity index (χ2n) is 6.39. The second-order valence-corrected chi connectivity index (χ2v) is 8.74. The van der Waals surface area contributed by atoms with E-state index in [9.17, 15) is 13.7 Å². The number of nitrogens with two attached hydrogens (primary N) is 1. The first-order valence-electron chi connectivity index (χ1n) is 6.93. The Morgan fingerprint density at radius 2 is 2.00 bits per heavy atom. The van der Waals surface area contributed by atoms with Crippen LogP contribution in [0.5, 0.6) is 0 Å². The van der Waals surface area contributed by atoms with Gasteiger partial charge in [-0.25, -0.2) is 4.39 Å². The number of benzene rings is 1. The molecule has 5 nitrogen and oxygen atoms in total. The number of nitrogens with one attached hydrogen (secondary N) is 1. The lowest BCUT2D eigenvalue weighted by molar-refractivity contribution is -0.142. The Morgan fingerprint density at radius 3 is 2.48 bits per heavy atom. The molecule has 130 valence electrons. The van der Waals surface area contributed by atoms with E-state index in [1.54, 1.807) is 27.7 Å². The third-order valence-corrected chi connectivity index (χ3v) is 5.48. The van der Waals surface area contributed by atoms with Crippen molar-refractivity contribution in [2.24, 2.45) is 0 Å². The zero-order chi connectivity index (χ0) is 18.0. The van der Waals surface area contributed by atoms with Crippen LogP contribution in [0, 0.1) is 5.82 Å². The predicted molar refractivity (Wildman–Crippen MR) is 90.8 cm³/mol. The molecule has 0 aliphatic rings. The van der Waals surface area contributed by atoms with Gasteiger partial charge in [-0.3, -0.25) is 4.79 Å². The van der Waals surface area contributed by atoms with Crippen molar-refractivity contribution >= 4 is 34.6 Å². The Bertz CT molecular complexity index is 595. The number of ether oxygens (including phenoxy) is 1. The van der Waals surface area contributed by atoms with Crippen molar-refractivity contribution in [1.82, 2.24) is 4.72 Å². The number of methoxy groups -OCH3 is 1. The van der Waals surface area contributed by atoms with Gasteiger partial charge in [-0.2, -0.15) is 0 Å². The number of esters is 1. The van der Waals surface area contributed by atoms with Crippen molar-refractivity contribution in [3.8, 4) is 0 Å². The van der Waals surface area contributed by atoms with E-state index in [4.69, 9.17) is 22.1 Å². The van der Waals surface area contributed by atoms with Gasteiger partial charge in [0.15, 0.2) is 0 Å². The first-order chi connectivity index (χ1) is 10.4. The van der Waals surface area contributed by atoms with Crippen LogP contribution in [-0.4, -0.2) is 22.4 Å². The first kappa shape index (κ1) is 20.0. The van der Waals surface area contributed by atoms with E-state index >= 15 is 0 Å². The van der Waals surface area contributed by atoms with E-state index in [1.807, 2.05) is 0 Å². The zero-order valence-corrected chi connectivity index (χ0v) is 15.4. The molecule has 0 aliphatic carbocycles. The van der Waals surface area contributed by atoms with Crippen molar-refractivity contribution in [3.05, 3.63) is 28.5 Å². The van der Waals surface area contributed by atoms with Gasteiger partial charge in [0.05, 0.1) is 29.8 Å². The van der Waals surface area contributed by atoms with Crippen molar-refractivity contribution in [2.75, 3.05) is 12.8 Å². The standard InChI is InChI=1S/C15H22ClFN2O3S/c1-14(2,3)23(21)19-15(4,8-11(20)22-5)9-6-7-10(17)13(18)12(9)16/h6-7,19H,8,18H2,1-5H3. The number of carbonyl (C=O) groups excluding carboxylic acids is 1. The van der Waals surface area contributed by atoms with E-state index in [0.29, 0.717) is 5.56 Å². The van der Waals surface area contributed by atoms with Crippen LogP contribution in [0.3, 0.4) is 0 Å².